The predicted molar refractivity (Wildman–Crippen MR) is 72.6 cm³/mol. The molecule has 1 fully saturated rings. The lowest BCUT2D eigenvalue weighted by molar-refractivity contribution is -0.122. The van der Waals surface area contributed by atoms with Gasteiger partial charge in [-0.1, -0.05) is 0 Å². The van der Waals surface area contributed by atoms with Crippen molar-refractivity contribution in [2.24, 2.45) is 0 Å². The molecule has 1 aliphatic heterocycles. The van der Waals surface area contributed by atoms with Crippen molar-refractivity contribution in [2.75, 3.05) is 33.8 Å². The second-order valence-corrected chi connectivity index (χ2v) is 5.27. The highest BCUT2D eigenvalue weighted by Crippen LogP contribution is 2.09. The lowest BCUT2D eigenvalue weighted by Crippen LogP contribution is -2.41. The Morgan fingerprint density at radius 3 is 2.83 bits per heavy atom. The molecule has 106 valence electrons. The first kappa shape index (κ1) is 15.4. The van der Waals surface area contributed by atoms with Crippen LogP contribution in [0, 0.1) is 0 Å². The highest BCUT2D eigenvalue weighted by atomic mass is 16.5. The standard InChI is InChI=1S/C13H27N3O2/c1-10(2)16(3)7-5-6-14-13(17)12-8-11(18-4)9-15-12/h10-12,15H,5-9H2,1-4H3,(H,14,17). The third-order valence-corrected chi connectivity index (χ3v) is 3.61. The molecule has 0 aliphatic carbocycles. The fourth-order valence-electron chi connectivity index (χ4n) is 2.00. The summed E-state index contributed by atoms with van der Waals surface area (Å²) >= 11 is 0. The summed E-state index contributed by atoms with van der Waals surface area (Å²) in [6.45, 7) is 6.87. The molecule has 1 rings (SSSR count). The molecule has 0 bridgehead atoms. The Morgan fingerprint density at radius 1 is 1.56 bits per heavy atom. The number of methoxy groups -OCH3 is 1. The van der Waals surface area contributed by atoms with Gasteiger partial charge >= 0.3 is 0 Å². The van der Waals surface area contributed by atoms with Gasteiger partial charge in [0.15, 0.2) is 0 Å². The van der Waals surface area contributed by atoms with Crippen LogP contribution < -0.4 is 10.6 Å². The SMILES string of the molecule is COC1CNC(C(=O)NCCCN(C)C(C)C)C1. The molecular formula is C13H27N3O2. The van der Waals surface area contributed by atoms with Gasteiger partial charge < -0.3 is 20.3 Å². The summed E-state index contributed by atoms with van der Waals surface area (Å²) in [5, 5.41) is 6.16. The van der Waals surface area contributed by atoms with Crippen molar-refractivity contribution >= 4 is 5.91 Å². The number of ether oxygens (including phenoxy) is 1. The van der Waals surface area contributed by atoms with Crippen LogP contribution in [0.5, 0.6) is 0 Å². The van der Waals surface area contributed by atoms with E-state index < -0.39 is 0 Å². The van der Waals surface area contributed by atoms with Crippen LogP contribution in [0.4, 0.5) is 0 Å². The number of hydrogen-bond donors (Lipinski definition) is 2. The van der Waals surface area contributed by atoms with Crippen molar-refractivity contribution in [3.8, 4) is 0 Å². The van der Waals surface area contributed by atoms with Gasteiger partial charge in [0.2, 0.25) is 5.91 Å². The molecule has 0 spiro atoms. The molecule has 2 atom stereocenters. The molecule has 2 unspecified atom stereocenters. The Bertz CT molecular complexity index is 259. The second-order valence-electron chi connectivity index (χ2n) is 5.27. The summed E-state index contributed by atoms with van der Waals surface area (Å²) < 4.78 is 5.23. The van der Waals surface area contributed by atoms with Gasteiger partial charge in [0.05, 0.1) is 12.1 Å². The Morgan fingerprint density at radius 2 is 2.28 bits per heavy atom. The number of rotatable bonds is 7. The molecule has 0 aromatic heterocycles. The van der Waals surface area contributed by atoms with E-state index in [1.165, 1.54) is 0 Å². The lowest BCUT2D eigenvalue weighted by Gasteiger charge is -2.21. The van der Waals surface area contributed by atoms with E-state index in [0.29, 0.717) is 6.04 Å². The highest BCUT2D eigenvalue weighted by molar-refractivity contribution is 5.82. The normalized spacial score (nSPS) is 23.9. The molecule has 18 heavy (non-hydrogen) atoms. The molecule has 0 aromatic carbocycles. The van der Waals surface area contributed by atoms with Gasteiger partial charge in [0, 0.05) is 26.2 Å². The molecule has 1 amide bonds. The average molecular weight is 257 g/mol. The first-order valence-corrected chi connectivity index (χ1v) is 6.78. The average Bonchev–Trinajstić information content (AvgIpc) is 2.82. The maximum Gasteiger partial charge on any atom is 0.237 e. The van der Waals surface area contributed by atoms with Crippen molar-refractivity contribution in [1.82, 2.24) is 15.5 Å². The molecule has 1 aliphatic rings. The van der Waals surface area contributed by atoms with Crippen LogP contribution in [0.1, 0.15) is 26.7 Å². The van der Waals surface area contributed by atoms with Crippen molar-refractivity contribution in [3.63, 3.8) is 0 Å². The van der Waals surface area contributed by atoms with Crippen LogP contribution in [0.25, 0.3) is 0 Å². The van der Waals surface area contributed by atoms with Crippen LogP contribution in [-0.2, 0) is 9.53 Å². The summed E-state index contributed by atoms with van der Waals surface area (Å²) in [6, 6.07) is 0.470. The van der Waals surface area contributed by atoms with E-state index >= 15 is 0 Å². The van der Waals surface area contributed by atoms with Crippen molar-refractivity contribution in [3.05, 3.63) is 0 Å². The number of hydrogen-bond acceptors (Lipinski definition) is 4. The predicted octanol–water partition coefficient (Wildman–Crippen LogP) is 0.210. The van der Waals surface area contributed by atoms with Crippen molar-refractivity contribution < 1.29 is 9.53 Å². The topological polar surface area (TPSA) is 53.6 Å². The minimum absolute atomic E-state index is 0.0854. The first-order chi connectivity index (χ1) is 8.54. The van der Waals surface area contributed by atoms with Gasteiger partial charge in [-0.2, -0.15) is 0 Å². The Balaban J connectivity index is 2.11. The monoisotopic (exact) mass is 257 g/mol. The highest BCUT2D eigenvalue weighted by Gasteiger charge is 2.28. The fraction of sp³-hybridized carbons (Fsp3) is 0.923. The van der Waals surface area contributed by atoms with Gasteiger partial charge in [-0.15, -0.1) is 0 Å². The van der Waals surface area contributed by atoms with E-state index in [2.05, 4.69) is 36.4 Å². The summed E-state index contributed by atoms with van der Waals surface area (Å²) in [4.78, 5) is 14.1. The van der Waals surface area contributed by atoms with Gasteiger partial charge in [-0.25, -0.2) is 0 Å². The molecule has 5 nitrogen and oxygen atoms in total. The van der Waals surface area contributed by atoms with E-state index in [-0.39, 0.29) is 18.1 Å². The van der Waals surface area contributed by atoms with Crippen LogP contribution in [0.2, 0.25) is 0 Å². The smallest absolute Gasteiger partial charge is 0.237 e. The first-order valence-electron chi connectivity index (χ1n) is 6.78. The minimum Gasteiger partial charge on any atom is -0.380 e. The number of nitrogens with one attached hydrogen (secondary N) is 2. The zero-order valence-electron chi connectivity index (χ0n) is 12.0. The Kier molecular flexibility index (Phi) is 6.60. The van der Waals surface area contributed by atoms with E-state index in [4.69, 9.17) is 4.74 Å². The van der Waals surface area contributed by atoms with E-state index in [1.807, 2.05) is 0 Å². The third-order valence-electron chi connectivity index (χ3n) is 3.61. The number of nitrogens with zero attached hydrogens (tertiary/aromatic N) is 1. The lowest BCUT2D eigenvalue weighted by atomic mass is 10.2. The van der Waals surface area contributed by atoms with Gasteiger partial charge in [0.25, 0.3) is 0 Å². The Hall–Kier alpha value is -0.650. The quantitative estimate of drug-likeness (QED) is 0.640. The van der Waals surface area contributed by atoms with E-state index in [1.54, 1.807) is 7.11 Å². The molecular weight excluding hydrogens is 230 g/mol. The summed E-state index contributed by atoms with van der Waals surface area (Å²) in [7, 11) is 3.79. The van der Waals surface area contributed by atoms with Gasteiger partial charge in [-0.3, -0.25) is 4.79 Å². The van der Waals surface area contributed by atoms with Crippen LogP contribution >= 0.6 is 0 Å². The zero-order valence-corrected chi connectivity index (χ0v) is 12.0. The molecule has 5 heteroatoms. The maximum atomic E-state index is 11.8. The second kappa shape index (κ2) is 7.71. The van der Waals surface area contributed by atoms with E-state index in [9.17, 15) is 4.79 Å². The van der Waals surface area contributed by atoms with Crippen LogP contribution in [0.3, 0.4) is 0 Å². The molecule has 2 N–H and O–H groups in total. The van der Waals surface area contributed by atoms with Crippen LogP contribution in [0.15, 0.2) is 0 Å². The minimum atomic E-state index is -0.0854. The van der Waals surface area contributed by atoms with E-state index in [0.717, 1.165) is 32.5 Å². The van der Waals surface area contributed by atoms with Crippen LogP contribution in [-0.4, -0.2) is 62.8 Å². The number of carbonyl (C=O) groups is 1. The zero-order chi connectivity index (χ0) is 13.5. The fourth-order valence-corrected chi connectivity index (χ4v) is 2.00. The van der Waals surface area contributed by atoms with Gasteiger partial charge in [-0.05, 0) is 40.3 Å². The third kappa shape index (κ3) is 4.92. The largest absolute Gasteiger partial charge is 0.380 e. The maximum absolute atomic E-state index is 11.8. The molecule has 0 radical (unpaired) electrons. The number of amides is 1. The molecule has 0 saturated carbocycles. The summed E-state index contributed by atoms with van der Waals surface area (Å²) in [5.74, 6) is 0.0988. The molecule has 0 aromatic rings. The van der Waals surface area contributed by atoms with Crippen molar-refractivity contribution in [1.29, 1.82) is 0 Å². The van der Waals surface area contributed by atoms with Gasteiger partial charge in [0.1, 0.15) is 0 Å². The molecule has 1 heterocycles. The number of carbonyl (C=O) groups excluding carboxylic acids is 1. The molecule has 1 saturated heterocycles. The summed E-state index contributed by atoms with van der Waals surface area (Å²) in [6.07, 6.45) is 1.93. The summed E-state index contributed by atoms with van der Waals surface area (Å²) in [5.41, 5.74) is 0. The van der Waals surface area contributed by atoms with Crippen molar-refractivity contribution in [2.45, 2.75) is 44.9 Å². The Labute approximate surface area is 110 Å².